The summed E-state index contributed by atoms with van der Waals surface area (Å²) in [4.78, 5) is 0. The first-order valence-corrected chi connectivity index (χ1v) is 7.70. The Morgan fingerprint density at radius 2 is 2.00 bits per heavy atom. The van der Waals surface area contributed by atoms with Crippen LogP contribution in [0.3, 0.4) is 0 Å². The van der Waals surface area contributed by atoms with E-state index in [2.05, 4.69) is 12.2 Å². The monoisotopic (exact) mass is 283 g/mol. The molecule has 0 amide bonds. The van der Waals surface area contributed by atoms with Crippen molar-refractivity contribution >= 4 is 11.6 Å². The van der Waals surface area contributed by atoms with Crippen LogP contribution in [0.5, 0.6) is 0 Å². The second-order valence-corrected chi connectivity index (χ2v) is 5.96. The van der Waals surface area contributed by atoms with Crippen LogP contribution in [-0.2, 0) is 0 Å². The van der Waals surface area contributed by atoms with E-state index in [0.29, 0.717) is 16.5 Å². The van der Waals surface area contributed by atoms with E-state index < -0.39 is 0 Å². The Balaban J connectivity index is 2.29. The van der Waals surface area contributed by atoms with Crippen LogP contribution in [0.15, 0.2) is 12.1 Å². The van der Waals surface area contributed by atoms with Crippen LogP contribution < -0.4 is 5.32 Å². The van der Waals surface area contributed by atoms with Crippen molar-refractivity contribution in [3.8, 4) is 0 Å². The van der Waals surface area contributed by atoms with Crippen molar-refractivity contribution in [1.29, 1.82) is 0 Å². The average molecular weight is 284 g/mol. The third kappa shape index (κ3) is 3.49. The van der Waals surface area contributed by atoms with Crippen molar-refractivity contribution in [2.24, 2.45) is 5.92 Å². The Bertz CT molecular complexity index is 427. The average Bonchev–Trinajstić information content (AvgIpc) is 2.42. The molecule has 1 unspecified atom stereocenters. The van der Waals surface area contributed by atoms with Gasteiger partial charge in [0.2, 0.25) is 0 Å². The van der Waals surface area contributed by atoms with Gasteiger partial charge in [-0.15, -0.1) is 0 Å². The van der Waals surface area contributed by atoms with Gasteiger partial charge in [-0.25, -0.2) is 4.39 Å². The molecule has 1 aliphatic rings. The predicted molar refractivity (Wildman–Crippen MR) is 79.1 cm³/mol. The van der Waals surface area contributed by atoms with Gasteiger partial charge in [-0.2, -0.15) is 0 Å². The topological polar surface area (TPSA) is 12.0 Å². The zero-order chi connectivity index (χ0) is 13.8. The maximum absolute atomic E-state index is 13.5. The van der Waals surface area contributed by atoms with E-state index in [1.807, 2.05) is 6.07 Å². The summed E-state index contributed by atoms with van der Waals surface area (Å²) < 4.78 is 13.5. The largest absolute Gasteiger partial charge is 0.310 e. The summed E-state index contributed by atoms with van der Waals surface area (Å²) in [7, 11) is 0. The molecular weight excluding hydrogens is 261 g/mol. The van der Waals surface area contributed by atoms with Crippen molar-refractivity contribution in [2.45, 2.75) is 52.0 Å². The van der Waals surface area contributed by atoms with E-state index in [1.54, 1.807) is 6.92 Å². The Kier molecular flexibility index (Phi) is 5.23. The summed E-state index contributed by atoms with van der Waals surface area (Å²) in [6.07, 6.45) is 6.41. The SMILES string of the molecule is CCNC(c1cc(C)c(F)cc1Cl)C1CCCCC1. The molecule has 1 aromatic rings. The summed E-state index contributed by atoms with van der Waals surface area (Å²) >= 11 is 6.27. The number of hydrogen-bond acceptors (Lipinski definition) is 1. The molecule has 1 atom stereocenters. The van der Waals surface area contributed by atoms with Crippen LogP contribution in [0.1, 0.15) is 56.2 Å². The van der Waals surface area contributed by atoms with E-state index in [-0.39, 0.29) is 11.9 Å². The minimum atomic E-state index is -0.215. The molecule has 0 aliphatic heterocycles. The van der Waals surface area contributed by atoms with Gasteiger partial charge in [0.1, 0.15) is 5.82 Å². The molecule has 1 fully saturated rings. The molecule has 0 aromatic heterocycles. The van der Waals surface area contributed by atoms with E-state index in [0.717, 1.165) is 12.1 Å². The van der Waals surface area contributed by atoms with Crippen molar-refractivity contribution in [3.05, 3.63) is 34.1 Å². The number of nitrogens with one attached hydrogen (secondary N) is 1. The summed E-state index contributed by atoms with van der Waals surface area (Å²) in [5, 5.41) is 4.10. The van der Waals surface area contributed by atoms with Gasteiger partial charge in [0.15, 0.2) is 0 Å². The van der Waals surface area contributed by atoms with Crippen molar-refractivity contribution in [2.75, 3.05) is 6.54 Å². The lowest BCUT2D eigenvalue weighted by Crippen LogP contribution is -2.30. The van der Waals surface area contributed by atoms with Gasteiger partial charge in [-0.3, -0.25) is 0 Å². The summed E-state index contributed by atoms with van der Waals surface area (Å²) in [6.45, 7) is 4.83. The Hall–Kier alpha value is -0.600. The lowest BCUT2D eigenvalue weighted by molar-refractivity contribution is 0.274. The first-order chi connectivity index (χ1) is 9.13. The third-order valence-electron chi connectivity index (χ3n) is 4.16. The van der Waals surface area contributed by atoms with Crippen LogP contribution >= 0.6 is 11.6 Å². The van der Waals surface area contributed by atoms with Crippen LogP contribution in [0.4, 0.5) is 4.39 Å². The number of rotatable bonds is 4. The fourth-order valence-electron chi connectivity index (χ4n) is 3.14. The standard InChI is InChI=1S/C16H23ClFN/c1-3-19-16(12-7-5-4-6-8-12)13-9-11(2)15(18)10-14(13)17/h9-10,12,16,19H,3-8H2,1-2H3. The summed E-state index contributed by atoms with van der Waals surface area (Å²) in [5.41, 5.74) is 1.74. The highest BCUT2D eigenvalue weighted by molar-refractivity contribution is 6.31. The van der Waals surface area contributed by atoms with Crippen LogP contribution in [0, 0.1) is 18.7 Å². The molecule has 0 bridgehead atoms. The molecule has 2 rings (SSSR count). The maximum atomic E-state index is 13.5. The van der Waals surface area contributed by atoms with Crippen LogP contribution in [0.2, 0.25) is 5.02 Å². The van der Waals surface area contributed by atoms with E-state index >= 15 is 0 Å². The van der Waals surface area contributed by atoms with Crippen LogP contribution in [0.25, 0.3) is 0 Å². The van der Waals surface area contributed by atoms with Crippen molar-refractivity contribution in [3.63, 3.8) is 0 Å². The highest BCUT2D eigenvalue weighted by atomic mass is 35.5. The molecule has 3 heteroatoms. The second kappa shape index (κ2) is 6.71. The normalized spacial score (nSPS) is 18.5. The molecule has 1 nitrogen and oxygen atoms in total. The lowest BCUT2D eigenvalue weighted by atomic mass is 9.81. The fourth-order valence-corrected chi connectivity index (χ4v) is 3.40. The van der Waals surface area contributed by atoms with E-state index in [1.165, 1.54) is 38.2 Å². The zero-order valence-electron chi connectivity index (χ0n) is 11.8. The van der Waals surface area contributed by atoms with Gasteiger partial charge in [-0.05, 0) is 49.4 Å². The van der Waals surface area contributed by atoms with Gasteiger partial charge in [-0.1, -0.05) is 43.9 Å². The summed E-state index contributed by atoms with van der Waals surface area (Å²) in [6, 6.07) is 3.64. The fraction of sp³-hybridized carbons (Fsp3) is 0.625. The zero-order valence-corrected chi connectivity index (χ0v) is 12.6. The number of aryl methyl sites for hydroxylation is 1. The molecular formula is C16H23ClFN. The maximum Gasteiger partial charge on any atom is 0.127 e. The number of benzene rings is 1. The molecule has 0 saturated heterocycles. The molecule has 0 radical (unpaired) electrons. The van der Waals surface area contributed by atoms with Gasteiger partial charge < -0.3 is 5.32 Å². The minimum absolute atomic E-state index is 0.215. The first-order valence-electron chi connectivity index (χ1n) is 7.32. The molecule has 1 aromatic carbocycles. The molecule has 106 valence electrons. The molecule has 19 heavy (non-hydrogen) atoms. The molecule has 1 saturated carbocycles. The molecule has 1 N–H and O–H groups in total. The highest BCUT2D eigenvalue weighted by Crippen LogP contribution is 2.37. The van der Waals surface area contributed by atoms with Gasteiger partial charge >= 0.3 is 0 Å². The van der Waals surface area contributed by atoms with Crippen molar-refractivity contribution in [1.82, 2.24) is 5.32 Å². The number of halogens is 2. The van der Waals surface area contributed by atoms with E-state index in [9.17, 15) is 4.39 Å². The third-order valence-corrected chi connectivity index (χ3v) is 4.49. The second-order valence-electron chi connectivity index (χ2n) is 5.56. The smallest absolute Gasteiger partial charge is 0.127 e. The Morgan fingerprint density at radius 3 is 2.63 bits per heavy atom. The minimum Gasteiger partial charge on any atom is -0.310 e. The molecule has 0 heterocycles. The number of hydrogen-bond donors (Lipinski definition) is 1. The lowest BCUT2D eigenvalue weighted by Gasteiger charge is -2.32. The highest BCUT2D eigenvalue weighted by Gasteiger charge is 2.26. The van der Waals surface area contributed by atoms with Crippen LogP contribution in [-0.4, -0.2) is 6.54 Å². The molecule has 0 spiro atoms. The van der Waals surface area contributed by atoms with Gasteiger partial charge in [0.05, 0.1) is 0 Å². The van der Waals surface area contributed by atoms with Crippen molar-refractivity contribution < 1.29 is 4.39 Å². The first kappa shape index (κ1) is 14.8. The molecule has 1 aliphatic carbocycles. The van der Waals surface area contributed by atoms with E-state index in [4.69, 9.17) is 11.6 Å². The van der Waals surface area contributed by atoms with Gasteiger partial charge in [0.25, 0.3) is 0 Å². The summed E-state index contributed by atoms with van der Waals surface area (Å²) in [5.74, 6) is 0.406. The quantitative estimate of drug-likeness (QED) is 0.818. The Morgan fingerprint density at radius 1 is 1.32 bits per heavy atom. The van der Waals surface area contributed by atoms with Gasteiger partial charge in [0, 0.05) is 11.1 Å². The predicted octanol–water partition coefficient (Wildman–Crippen LogP) is 5.02. The Labute approximate surface area is 120 Å².